The number of alkyl halides is 3. The van der Waals surface area contributed by atoms with Crippen LogP contribution >= 0.6 is 23.2 Å². The van der Waals surface area contributed by atoms with Gasteiger partial charge >= 0.3 is 12.1 Å². The molecule has 4 nitrogen and oxygen atoms in total. The lowest BCUT2D eigenvalue weighted by Gasteiger charge is -2.29. The molecule has 0 aromatic heterocycles. The Hall–Kier alpha value is -2.25. The van der Waals surface area contributed by atoms with Gasteiger partial charge in [-0.1, -0.05) is 46.6 Å². The van der Waals surface area contributed by atoms with E-state index < -0.39 is 24.2 Å². The zero-order chi connectivity index (χ0) is 19.1. The Bertz CT molecular complexity index is 894. The summed E-state index contributed by atoms with van der Waals surface area (Å²) in [5.41, 5.74) is -3.36. The average Bonchev–Trinajstić information content (AvgIpc) is 3.00. The largest absolute Gasteiger partial charge is 0.478 e. The number of carboxylic acids is 1. The highest BCUT2D eigenvalue weighted by Gasteiger charge is 2.62. The standard InChI is InChI=1S/C17H10Cl2F3NO3/c18-10-5-9(6-11(19)7-10)16(17(20,21)22)8-14(23-26-16)12-3-1-2-4-13(12)15(24)25/h1-7H,8H2,(H,24,25). The van der Waals surface area contributed by atoms with E-state index in [0.29, 0.717) is 0 Å². The third-order valence-electron chi connectivity index (χ3n) is 3.98. The molecular weight excluding hydrogens is 394 g/mol. The van der Waals surface area contributed by atoms with Gasteiger partial charge in [0.1, 0.15) is 0 Å². The summed E-state index contributed by atoms with van der Waals surface area (Å²) in [5, 5.41) is 12.8. The topological polar surface area (TPSA) is 58.9 Å². The first-order valence-electron chi connectivity index (χ1n) is 7.25. The van der Waals surface area contributed by atoms with Crippen molar-refractivity contribution in [3.05, 3.63) is 69.2 Å². The van der Waals surface area contributed by atoms with Crippen LogP contribution in [-0.4, -0.2) is 23.0 Å². The van der Waals surface area contributed by atoms with Crippen molar-refractivity contribution in [1.29, 1.82) is 0 Å². The van der Waals surface area contributed by atoms with Crippen molar-refractivity contribution in [2.45, 2.75) is 18.2 Å². The average molecular weight is 404 g/mol. The van der Waals surface area contributed by atoms with Crippen LogP contribution in [0.1, 0.15) is 27.9 Å². The van der Waals surface area contributed by atoms with E-state index >= 15 is 0 Å². The fourth-order valence-electron chi connectivity index (χ4n) is 2.76. The van der Waals surface area contributed by atoms with Crippen LogP contribution in [-0.2, 0) is 10.4 Å². The van der Waals surface area contributed by atoms with Crippen molar-refractivity contribution in [3.63, 3.8) is 0 Å². The monoisotopic (exact) mass is 403 g/mol. The van der Waals surface area contributed by atoms with Crippen LogP contribution in [0.15, 0.2) is 47.6 Å². The lowest BCUT2D eigenvalue weighted by Crippen LogP contribution is -2.42. The predicted molar refractivity (Wildman–Crippen MR) is 89.8 cm³/mol. The minimum atomic E-state index is -4.84. The maximum atomic E-state index is 13.9. The summed E-state index contributed by atoms with van der Waals surface area (Å²) in [6.45, 7) is 0. The molecule has 9 heteroatoms. The third kappa shape index (κ3) is 3.12. The first kappa shape index (κ1) is 18.5. The molecule has 1 aliphatic heterocycles. The van der Waals surface area contributed by atoms with Crippen LogP contribution in [0.2, 0.25) is 10.0 Å². The highest BCUT2D eigenvalue weighted by atomic mass is 35.5. The minimum Gasteiger partial charge on any atom is -0.478 e. The van der Waals surface area contributed by atoms with Crippen LogP contribution in [0.25, 0.3) is 0 Å². The molecule has 1 aliphatic rings. The number of hydrogen-bond acceptors (Lipinski definition) is 3. The van der Waals surface area contributed by atoms with E-state index in [9.17, 15) is 23.1 Å². The number of oxime groups is 1. The van der Waals surface area contributed by atoms with E-state index in [1.807, 2.05) is 0 Å². The highest BCUT2D eigenvalue weighted by molar-refractivity contribution is 6.34. The first-order chi connectivity index (χ1) is 12.1. The molecule has 0 bridgehead atoms. The smallest absolute Gasteiger partial charge is 0.435 e. The summed E-state index contributed by atoms with van der Waals surface area (Å²) in [7, 11) is 0. The number of halogens is 5. The second kappa shape index (κ2) is 6.48. The van der Waals surface area contributed by atoms with E-state index in [4.69, 9.17) is 28.0 Å². The highest BCUT2D eigenvalue weighted by Crippen LogP contribution is 2.49. The molecule has 0 saturated heterocycles. The molecule has 26 heavy (non-hydrogen) atoms. The van der Waals surface area contributed by atoms with Gasteiger partial charge in [-0.2, -0.15) is 13.2 Å². The molecule has 0 aliphatic carbocycles. The number of carboxylic acid groups (broad SMARTS) is 1. The Morgan fingerprint density at radius 2 is 1.77 bits per heavy atom. The third-order valence-corrected chi connectivity index (χ3v) is 4.42. The van der Waals surface area contributed by atoms with Gasteiger partial charge in [-0.3, -0.25) is 0 Å². The van der Waals surface area contributed by atoms with Gasteiger partial charge in [-0.15, -0.1) is 0 Å². The molecule has 0 radical (unpaired) electrons. The predicted octanol–water partition coefficient (Wildman–Crippen LogP) is 5.27. The normalized spacial score (nSPS) is 19.8. The van der Waals surface area contributed by atoms with Crippen molar-refractivity contribution in [1.82, 2.24) is 0 Å². The summed E-state index contributed by atoms with van der Waals surface area (Å²) < 4.78 is 41.7. The van der Waals surface area contributed by atoms with Gasteiger partial charge in [0.25, 0.3) is 5.60 Å². The number of benzene rings is 2. The van der Waals surface area contributed by atoms with E-state index in [0.717, 1.165) is 12.1 Å². The Labute approximate surface area is 155 Å². The molecule has 1 unspecified atom stereocenters. The Balaban J connectivity index is 2.09. The second-order valence-electron chi connectivity index (χ2n) is 5.64. The number of hydrogen-bond donors (Lipinski definition) is 1. The number of carbonyl (C=O) groups is 1. The fraction of sp³-hybridized carbons (Fsp3) is 0.176. The van der Waals surface area contributed by atoms with Crippen LogP contribution in [0.4, 0.5) is 13.2 Å². The van der Waals surface area contributed by atoms with Gasteiger partial charge in [0.05, 0.1) is 11.3 Å². The SMILES string of the molecule is O=C(O)c1ccccc1C1=NOC(c2cc(Cl)cc(Cl)c2)(C(F)(F)F)C1. The molecule has 1 heterocycles. The van der Waals surface area contributed by atoms with Gasteiger partial charge in [-0.25, -0.2) is 4.79 Å². The molecule has 3 rings (SSSR count). The van der Waals surface area contributed by atoms with Crippen molar-refractivity contribution < 1.29 is 27.9 Å². The molecule has 136 valence electrons. The van der Waals surface area contributed by atoms with Gasteiger partial charge in [0.2, 0.25) is 0 Å². The lowest BCUT2D eigenvalue weighted by atomic mass is 9.85. The van der Waals surface area contributed by atoms with E-state index in [1.54, 1.807) is 0 Å². The van der Waals surface area contributed by atoms with Crippen molar-refractivity contribution in [2.75, 3.05) is 0 Å². The van der Waals surface area contributed by atoms with E-state index in [2.05, 4.69) is 5.16 Å². The fourth-order valence-corrected chi connectivity index (χ4v) is 3.28. The minimum absolute atomic E-state index is 0.0131. The van der Waals surface area contributed by atoms with Crippen molar-refractivity contribution in [3.8, 4) is 0 Å². The van der Waals surface area contributed by atoms with Gasteiger partial charge in [0.15, 0.2) is 0 Å². The van der Waals surface area contributed by atoms with Gasteiger partial charge < -0.3 is 9.94 Å². The quantitative estimate of drug-likeness (QED) is 0.758. The van der Waals surface area contributed by atoms with E-state index in [1.165, 1.54) is 30.3 Å². The molecule has 0 amide bonds. The summed E-state index contributed by atoms with van der Waals surface area (Å²) >= 11 is 11.7. The summed E-state index contributed by atoms with van der Waals surface area (Å²) in [4.78, 5) is 16.2. The maximum absolute atomic E-state index is 13.9. The number of aromatic carboxylic acids is 1. The summed E-state index contributed by atoms with van der Waals surface area (Å²) in [6.07, 6.45) is -5.55. The van der Waals surface area contributed by atoms with Gasteiger partial charge in [0, 0.05) is 27.6 Å². The second-order valence-corrected chi connectivity index (χ2v) is 6.51. The van der Waals surface area contributed by atoms with Crippen molar-refractivity contribution >= 4 is 34.9 Å². The van der Waals surface area contributed by atoms with E-state index in [-0.39, 0.29) is 32.4 Å². The zero-order valence-corrected chi connectivity index (χ0v) is 14.4. The maximum Gasteiger partial charge on any atom is 0.435 e. The van der Waals surface area contributed by atoms with Crippen LogP contribution in [0, 0.1) is 0 Å². The molecular formula is C17H10Cl2F3NO3. The molecule has 1 atom stereocenters. The molecule has 0 fully saturated rings. The van der Waals surface area contributed by atoms with Crippen molar-refractivity contribution in [2.24, 2.45) is 5.16 Å². The first-order valence-corrected chi connectivity index (χ1v) is 8.01. The van der Waals surface area contributed by atoms with Crippen LogP contribution in [0.5, 0.6) is 0 Å². The Morgan fingerprint density at radius 1 is 1.15 bits per heavy atom. The Kier molecular flexibility index (Phi) is 4.62. The van der Waals surface area contributed by atoms with Crippen LogP contribution in [0.3, 0.4) is 0 Å². The molecule has 1 N–H and O–H groups in total. The number of nitrogens with zero attached hydrogens (tertiary/aromatic N) is 1. The lowest BCUT2D eigenvalue weighted by molar-refractivity contribution is -0.275. The number of rotatable bonds is 3. The molecule has 0 spiro atoms. The molecule has 2 aromatic carbocycles. The Morgan fingerprint density at radius 3 is 2.35 bits per heavy atom. The summed E-state index contributed by atoms with van der Waals surface area (Å²) in [6, 6.07) is 9.14. The zero-order valence-electron chi connectivity index (χ0n) is 12.8. The van der Waals surface area contributed by atoms with Crippen LogP contribution < -0.4 is 0 Å². The molecule has 2 aromatic rings. The molecule has 0 saturated carbocycles. The van der Waals surface area contributed by atoms with Gasteiger partial charge in [-0.05, 0) is 24.3 Å². The summed E-state index contributed by atoms with van der Waals surface area (Å²) in [5.74, 6) is -1.28.